The van der Waals surface area contributed by atoms with Crippen molar-refractivity contribution in [3.63, 3.8) is 0 Å². The highest BCUT2D eigenvalue weighted by molar-refractivity contribution is 7.19. The average molecular weight is 544 g/mol. The monoisotopic (exact) mass is 543 g/mol. The topological polar surface area (TPSA) is 91.4 Å². The molecule has 9 heteroatoms. The number of carbonyl (C=O) groups is 2. The van der Waals surface area contributed by atoms with Crippen molar-refractivity contribution in [2.75, 3.05) is 38.1 Å². The van der Waals surface area contributed by atoms with E-state index in [1.165, 1.54) is 6.08 Å². The average Bonchev–Trinajstić information content (AvgIpc) is 3.55. The van der Waals surface area contributed by atoms with Crippen LogP contribution in [0.1, 0.15) is 35.3 Å². The number of benzene rings is 1. The zero-order valence-corrected chi connectivity index (χ0v) is 23.6. The first-order valence-corrected chi connectivity index (χ1v) is 13.9. The van der Waals surface area contributed by atoms with Crippen LogP contribution in [0.3, 0.4) is 0 Å². The molecule has 39 heavy (non-hydrogen) atoms. The largest absolute Gasteiger partial charge is 0.459 e. The van der Waals surface area contributed by atoms with Gasteiger partial charge in [-0.25, -0.2) is 14.8 Å². The standard InChI is InChI=1S/C30H33N5O3S/c1-6-23(36)14-21-13-20(8-7-19(21)4)26-24-15-22(29(37)38-18(2)3)16-31-28(24)33-27(26)25-17-32-30(39-25)35-11-9-34(5)10-12-35/h6-8,13,15-18H,1,9-12,14H2,2-5H3,(H,31,33). The minimum atomic E-state index is -0.413. The molecule has 0 aliphatic carbocycles. The Labute approximate surface area is 232 Å². The number of likely N-dealkylation sites (N-methyl/N-ethyl adjacent to an activating group) is 1. The molecule has 4 heterocycles. The maximum atomic E-state index is 12.7. The van der Waals surface area contributed by atoms with Crippen molar-refractivity contribution in [3.05, 3.63) is 66.0 Å². The van der Waals surface area contributed by atoms with Gasteiger partial charge in [-0.1, -0.05) is 36.1 Å². The van der Waals surface area contributed by atoms with Gasteiger partial charge in [0, 0.05) is 55.9 Å². The summed E-state index contributed by atoms with van der Waals surface area (Å²) in [5, 5.41) is 1.79. The van der Waals surface area contributed by atoms with Crippen LogP contribution in [0.2, 0.25) is 0 Å². The Kier molecular flexibility index (Phi) is 7.63. The van der Waals surface area contributed by atoms with Gasteiger partial charge < -0.3 is 19.5 Å². The van der Waals surface area contributed by atoms with Crippen LogP contribution in [0.4, 0.5) is 5.13 Å². The van der Waals surface area contributed by atoms with Gasteiger partial charge in [0.1, 0.15) is 5.65 Å². The van der Waals surface area contributed by atoms with Crippen molar-refractivity contribution < 1.29 is 14.3 Å². The van der Waals surface area contributed by atoms with Crippen molar-refractivity contribution in [1.82, 2.24) is 19.9 Å². The van der Waals surface area contributed by atoms with E-state index >= 15 is 0 Å². The Morgan fingerprint density at radius 2 is 1.92 bits per heavy atom. The van der Waals surface area contributed by atoms with Crippen molar-refractivity contribution in [1.29, 1.82) is 0 Å². The fourth-order valence-corrected chi connectivity index (χ4v) is 5.72. The summed E-state index contributed by atoms with van der Waals surface area (Å²) in [6.07, 6.45) is 4.84. The number of rotatable bonds is 8. The molecule has 3 aromatic heterocycles. The number of carbonyl (C=O) groups excluding carboxylic acids is 2. The number of anilines is 1. The zero-order valence-electron chi connectivity index (χ0n) is 22.8. The van der Waals surface area contributed by atoms with Gasteiger partial charge in [-0.05, 0) is 56.7 Å². The van der Waals surface area contributed by atoms with E-state index in [2.05, 4.69) is 33.4 Å². The molecule has 8 nitrogen and oxygen atoms in total. The first-order chi connectivity index (χ1) is 18.7. The highest BCUT2D eigenvalue weighted by Crippen LogP contribution is 2.42. The van der Waals surface area contributed by atoms with Crippen LogP contribution >= 0.6 is 11.3 Å². The molecule has 0 unspecified atom stereocenters. The summed E-state index contributed by atoms with van der Waals surface area (Å²) in [5.74, 6) is -0.446. The molecular weight excluding hydrogens is 510 g/mol. The van der Waals surface area contributed by atoms with Gasteiger partial charge in [0.15, 0.2) is 10.9 Å². The van der Waals surface area contributed by atoms with E-state index in [1.807, 2.05) is 51.2 Å². The maximum absolute atomic E-state index is 12.7. The maximum Gasteiger partial charge on any atom is 0.339 e. The summed E-state index contributed by atoms with van der Waals surface area (Å²) in [5.41, 5.74) is 5.75. The lowest BCUT2D eigenvalue weighted by molar-refractivity contribution is -0.114. The van der Waals surface area contributed by atoms with E-state index in [0.29, 0.717) is 11.2 Å². The fraction of sp³-hybridized carbons (Fsp3) is 0.333. The fourth-order valence-electron chi connectivity index (χ4n) is 4.75. The number of ether oxygens (including phenoxy) is 1. The van der Waals surface area contributed by atoms with Crippen molar-refractivity contribution in [2.45, 2.75) is 33.3 Å². The molecule has 0 spiro atoms. The van der Waals surface area contributed by atoms with Gasteiger partial charge in [-0.3, -0.25) is 4.79 Å². The number of allylic oxidation sites excluding steroid dienone is 1. The second-order valence-electron chi connectivity index (χ2n) is 10.2. The summed E-state index contributed by atoms with van der Waals surface area (Å²) >= 11 is 1.64. The highest BCUT2D eigenvalue weighted by atomic mass is 32.1. The Morgan fingerprint density at radius 3 is 2.64 bits per heavy atom. The number of esters is 1. The number of aryl methyl sites for hydroxylation is 1. The molecule has 1 aromatic carbocycles. The number of hydrogen-bond acceptors (Lipinski definition) is 8. The Bertz CT molecular complexity index is 1550. The van der Waals surface area contributed by atoms with Crippen LogP contribution in [0, 0.1) is 6.92 Å². The number of nitrogens with one attached hydrogen (secondary N) is 1. The molecule has 1 N–H and O–H groups in total. The molecule has 0 bridgehead atoms. The molecule has 5 rings (SSSR count). The van der Waals surface area contributed by atoms with Crippen LogP contribution in [0.25, 0.3) is 32.7 Å². The quantitative estimate of drug-likeness (QED) is 0.239. The number of pyridine rings is 1. The van der Waals surface area contributed by atoms with Crippen LogP contribution in [0.15, 0.2) is 49.3 Å². The lowest BCUT2D eigenvalue weighted by atomic mass is 9.95. The van der Waals surface area contributed by atoms with Crippen molar-refractivity contribution in [2.24, 2.45) is 0 Å². The van der Waals surface area contributed by atoms with E-state index in [9.17, 15) is 9.59 Å². The van der Waals surface area contributed by atoms with E-state index in [0.717, 1.165) is 69.5 Å². The number of fused-ring (bicyclic) bond motifs is 1. The van der Waals surface area contributed by atoms with Gasteiger partial charge in [0.25, 0.3) is 0 Å². The molecule has 4 aromatic rings. The van der Waals surface area contributed by atoms with Crippen LogP contribution in [0.5, 0.6) is 0 Å². The summed E-state index contributed by atoms with van der Waals surface area (Å²) in [7, 11) is 2.14. The number of H-pyrrole nitrogens is 1. The van der Waals surface area contributed by atoms with Crippen LogP contribution in [-0.4, -0.2) is 70.9 Å². The molecule has 0 atom stereocenters. The van der Waals surface area contributed by atoms with Crippen molar-refractivity contribution in [3.8, 4) is 21.7 Å². The molecule has 202 valence electrons. The first kappa shape index (κ1) is 26.8. The minimum Gasteiger partial charge on any atom is -0.459 e. The summed E-state index contributed by atoms with van der Waals surface area (Å²) in [4.78, 5) is 43.4. The van der Waals surface area contributed by atoms with Gasteiger partial charge >= 0.3 is 5.97 Å². The molecule has 1 aliphatic heterocycles. The number of ketones is 1. The van der Waals surface area contributed by atoms with Crippen molar-refractivity contribution >= 4 is 39.3 Å². The molecule has 0 amide bonds. The van der Waals surface area contributed by atoms with E-state index in [1.54, 1.807) is 17.5 Å². The molecular formula is C30H33N5O3S. The smallest absolute Gasteiger partial charge is 0.339 e. The van der Waals surface area contributed by atoms with Gasteiger partial charge in [-0.2, -0.15) is 0 Å². The number of piperazine rings is 1. The normalized spacial score (nSPS) is 14.2. The number of hydrogen-bond donors (Lipinski definition) is 1. The Balaban J connectivity index is 1.64. The zero-order chi connectivity index (χ0) is 27.7. The summed E-state index contributed by atoms with van der Waals surface area (Å²) in [6.45, 7) is 13.1. The molecule has 0 radical (unpaired) electrons. The molecule has 1 saturated heterocycles. The summed E-state index contributed by atoms with van der Waals surface area (Å²) < 4.78 is 5.44. The van der Waals surface area contributed by atoms with Gasteiger partial charge in [0.05, 0.1) is 22.2 Å². The molecule has 0 saturated carbocycles. The predicted octanol–water partition coefficient (Wildman–Crippen LogP) is 5.28. The Morgan fingerprint density at radius 1 is 1.15 bits per heavy atom. The number of thiazole rings is 1. The summed E-state index contributed by atoms with van der Waals surface area (Å²) in [6, 6.07) is 7.95. The van der Waals surface area contributed by atoms with E-state index in [-0.39, 0.29) is 18.3 Å². The number of aromatic amines is 1. The van der Waals surface area contributed by atoms with E-state index < -0.39 is 5.97 Å². The first-order valence-electron chi connectivity index (χ1n) is 13.1. The lowest BCUT2D eigenvalue weighted by Gasteiger charge is -2.32. The van der Waals surface area contributed by atoms with E-state index in [4.69, 9.17) is 9.72 Å². The number of aromatic nitrogens is 3. The SMILES string of the molecule is C=CC(=O)Cc1cc(-c2c(-c3cnc(N4CCN(C)CC4)s3)[nH]c3ncc(C(=O)OC(C)C)cc23)ccc1C. The third kappa shape index (κ3) is 5.65. The second kappa shape index (κ2) is 11.1. The minimum absolute atomic E-state index is 0.0333. The van der Waals surface area contributed by atoms with Crippen LogP contribution < -0.4 is 4.90 Å². The third-order valence-corrected chi connectivity index (χ3v) is 8.05. The Hall–Kier alpha value is -3.82. The second-order valence-corrected chi connectivity index (χ2v) is 11.2. The predicted molar refractivity (Wildman–Crippen MR) is 157 cm³/mol. The highest BCUT2D eigenvalue weighted by Gasteiger charge is 2.23. The third-order valence-electron chi connectivity index (χ3n) is 6.97. The molecule has 1 fully saturated rings. The van der Waals surface area contributed by atoms with Gasteiger partial charge in [-0.15, -0.1) is 0 Å². The lowest BCUT2D eigenvalue weighted by Crippen LogP contribution is -2.44. The molecule has 1 aliphatic rings. The van der Waals surface area contributed by atoms with Crippen LogP contribution in [-0.2, 0) is 16.0 Å². The number of nitrogens with zero attached hydrogens (tertiary/aromatic N) is 4. The van der Waals surface area contributed by atoms with Gasteiger partial charge in [0.2, 0.25) is 0 Å².